The van der Waals surface area contributed by atoms with Gasteiger partial charge in [-0.1, -0.05) is 37.3 Å². The first-order valence-corrected chi connectivity index (χ1v) is 6.79. The summed E-state index contributed by atoms with van der Waals surface area (Å²) in [6, 6.07) is 11.9. The van der Waals surface area contributed by atoms with E-state index in [0.29, 0.717) is 11.9 Å². The normalized spacial score (nSPS) is 12.7. The Morgan fingerprint density at radius 1 is 1.14 bits per heavy atom. The van der Waals surface area contributed by atoms with Crippen LogP contribution in [0.4, 0.5) is 14.7 Å². The fourth-order valence-corrected chi connectivity index (χ4v) is 2.70. The third-order valence-corrected chi connectivity index (χ3v) is 3.65. The Kier molecular flexibility index (Phi) is 3.33. The van der Waals surface area contributed by atoms with E-state index in [1.54, 1.807) is 4.57 Å². The van der Waals surface area contributed by atoms with Gasteiger partial charge in [-0.2, -0.15) is 0 Å². The molecular formula is C16H15F2N3. The topological polar surface area (TPSA) is 43.8 Å². The SMILES string of the molecule is CCC(c1ccccc1)n1c(N)nc2ccc(F)c(F)c21. The van der Waals surface area contributed by atoms with Crippen molar-refractivity contribution < 1.29 is 8.78 Å². The number of nitrogen functional groups attached to an aromatic ring is 1. The van der Waals surface area contributed by atoms with E-state index in [0.717, 1.165) is 11.6 Å². The van der Waals surface area contributed by atoms with Crippen molar-refractivity contribution in [3.05, 3.63) is 59.7 Å². The van der Waals surface area contributed by atoms with Gasteiger partial charge in [-0.3, -0.25) is 0 Å². The highest BCUT2D eigenvalue weighted by atomic mass is 19.2. The Labute approximate surface area is 121 Å². The third kappa shape index (κ3) is 2.14. The summed E-state index contributed by atoms with van der Waals surface area (Å²) in [7, 11) is 0. The molecule has 1 aromatic heterocycles. The minimum Gasteiger partial charge on any atom is -0.369 e. The van der Waals surface area contributed by atoms with Crippen LogP contribution in [0.25, 0.3) is 11.0 Å². The number of imidazole rings is 1. The number of rotatable bonds is 3. The van der Waals surface area contributed by atoms with Crippen molar-refractivity contribution in [1.82, 2.24) is 9.55 Å². The lowest BCUT2D eigenvalue weighted by molar-refractivity contribution is 0.505. The van der Waals surface area contributed by atoms with E-state index in [1.807, 2.05) is 37.3 Å². The summed E-state index contributed by atoms with van der Waals surface area (Å²) in [5, 5.41) is 0. The molecule has 1 atom stereocenters. The molecule has 1 unspecified atom stereocenters. The number of anilines is 1. The molecule has 0 spiro atoms. The maximum atomic E-state index is 14.2. The highest BCUT2D eigenvalue weighted by Gasteiger charge is 2.22. The number of hydrogen-bond donors (Lipinski definition) is 1. The number of halogens is 2. The summed E-state index contributed by atoms with van der Waals surface area (Å²) < 4.78 is 29.3. The van der Waals surface area contributed by atoms with Crippen molar-refractivity contribution in [1.29, 1.82) is 0 Å². The van der Waals surface area contributed by atoms with Crippen LogP contribution in [0.5, 0.6) is 0 Å². The molecule has 3 aromatic rings. The highest BCUT2D eigenvalue weighted by molar-refractivity contribution is 5.79. The second-order valence-electron chi connectivity index (χ2n) is 4.90. The molecular weight excluding hydrogens is 272 g/mol. The van der Waals surface area contributed by atoms with Gasteiger partial charge >= 0.3 is 0 Å². The molecule has 0 radical (unpaired) electrons. The summed E-state index contributed by atoms with van der Waals surface area (Å²) in [5.74, 6) is -1.62. The van der Waals surface area contributed by atoms with Crippen molar-refractivity contribution in [2.45, 2.75) is 19.4 Å². The van der Waals surface area contributed by atoms with Crippen molar-refractivity contribution in [2.24, 2.45) is 0 Å². The molecule has 2 N–H and O–H groups in total. The first-order valence-electron chi connectivity index (χ1n) is 6.79. The van der Waals surface area contributed by atoms with Gasteiger partial charge in [0.2, 0.25) is 5.95 Å². The predicted octanol–water partition coefficient (Wildman–Crippen LogP) is 3.90. The molecule has 21 heavy (non-hydrogen) atoms. The largest absolute Gasteiger partial charge is 0.369 e. The average molecular weight is 287 g/mol. The molecule has 108 valence electrons. The molecule has 0 bridgehead atoms. The van der Waals surface area contributed by atoms with E-state index in [9.17, 15) is 8.78 Å². The van der Waals surface area contributed by atoms with Crippen molar-refractivity contribution in [2.75, 3.05) is 5.73 Å². The monoisotopic (exact) mass is 287 g/mol. The lowest BCUT2D eigenvalue weighted by Gasteiger charge is -2.19. The number of benzene rings is 2. The summed E-state index contributed by atoms with van der Waals surface area (Å²) in [6.07, 6.45) is 0.690. The van der Waals surface area contributed by atoms with Crippen LogP contribution in [-0.4, -0.2) is 9.55 Å². The molecule has 0 aliphatic heterocycles. The Hall–Kier alpha value is -2.43. The zero-order valence-corrected chi connectivity index (χ0v) is 11.6. The molecule has 3 rings (SSSR count). The molecule has 3 nitrogen and oxygen atoms in total. The molecule has 0 saturated heterocycles. The maximum Gasteiger partial charge on any atom is 0.201 e. The first-order chi connectivity index (χ1) is 10.1. The van der Waals surface area contributed by atoms with Gasteiger partial charge in [0.25, 0.3) is 0 Å². The summed E-state index contributed by atoms with van der Waals surface area (Å²) in [5.41, 5.74) is 7.41. The average Bonchev–Trinajstić information content (AvgIpc) is 2.83. The minimum absolute atomic E-state index is 0.114. The van der Waals surface area contributed by atoms with Gasteiger partial charge in [0.15, 0.2) is 11.6 Å². The quantitative estimate of drug-likeness (QED) is 0.794. The number of hydrogen-bond acceptors (Lipinski definition) is 2. The van der Waals surface area contributed by atoms with Gasteiger partial charge in [0.05, 0.1) is 11.6 Å². The number of aromatic nitrogens is 2. The molecule has 2 aromatic carbocycles. The Morgan fingerprint density at radius 3 is 2.52 bits per heavy atom. The standard InChI is InChI=1S/C16H15F2N3/c1-2-13(10-6-4-3-5-7-10)21-15-12(20-16(21)19)9-8-11(17)14(15)18/h3-9,13H,2H2,1H3,(H2,19,20). The lowest BCUT2D eigenvalue weighted by atomic mass is 10.0. The van der Waals surface area contributed by atoms with Crippen LogP contribution >= 0.6 is 0 Å². The van der Waals surface area contributed by atoms with E-state index < -0.39 is 11.6 Å². The maximum absolute atomic E-state index is 14.2. The second kappa shape index (κ2) is 5.16. The van der Waals surface area contributed by atoms with Crippen LogP contribution in [0, 0.1) is 11.6 Å². The van der Waals surface area contributed by atoms with Crippen LogP contribution in [0.15, 0.2) is 42.5 Å². The van der Waals surface area contributed by atoms with Gasteiger partial charge < -0.3 is 10.3 Å². The molecule has 0 saturated carbocycles. The fraction of sp³-hybridized carbons (Fsp3) is 0.188. The number of nitrogens with zero attached hydrogens (tertiary/aromatic N) is 2. The number of nitrogens with two attached hydrogens (primary N) is 1. The van der Waals surface area contributed by atoms with E-state index in [1.165, 1.54) is 6.07 Å². The second-order valence-corrected chi connectivity index (χ2v) is 4.90. The molecule has 0 aliphatic rings. The Morgan fingerprint density at radius 2 is 1.86 bits per heavy atom. The van der Waals surface area contributed by atoms with Crippen molar-refractivity contribution >= 4 is 17.0 Å². The van der Waals surface area contributed by atoms with E-state index in [-0.39, 0.29) is 17.5 Å². The van der Waals surface area contributed by atoms with Crippen LogP contribution in [0.2, 0.25) is 0 Å². The first kappa shape index (κ1) is 13.5. The Balaban J connectivity index is 2.28. The van der Waals surface area contributed by atoms with Crippen LogP contribution < -0.4 is 5.73 Å². The molecule has 0 aliphatic carbocycles. The molecule has 1 heterocycles. The van der Waals surface area contributed by atoms with E-state index in [4.69, 9.17) is 5.73 Å². The highest BCUT2D eigenvalue weighted by Crippen LogP contribution is 2.31. The van der Waals surface area contributed by atoms with Crippen LogP contribution in [-0.2, 0) is 0 Å². The van der Waals surface area contributed by atoms with E-state index in [2.05, 4.69) is 4.98 Å². The van der Waals surface area contributed by atoms with Crippen LogP contribution in [0.3, 0.4) is 0 Å². The fourth-order valence-electron chi connectivity index (χ4n) is 2.70. The van der Waals surface area contributed by atoms with E-state index >= 15 is 0 Å². The van der Waals surface area contributed by atoms with Gasteiger partial charge in [0.1, 0.15) is 5.52 Å². The zero-order valence-electron chi connectivity index (χ0n) is 11.6. The zero-order chi connectivity index (χ0) is 15.0. The van der Waals surface area contributed by atoms with Crippen LogP contribution in [0.1, 0.15) is 24.9 Å². The minimum atomic E-state index is -0.911. The summed E-state index contributed by atoms with van der Waals surface area (Å²) in [6.45, 7) is 1.97. The predicted molar refractivity (Wildman–Crippen MR) is 78.9 cm³/mol. The van der Waals surface area contributed by atoms with Gasteiger partial charge in [0, 0.05) is 0 Å². The van der Waals surface area contributed by atoms with Gasteiger partial charge in [-0.05, 0) is 24.1 Å². The van der Waals surface area contributed by atoms with Crippen molar-refractivity contribution in [3.8, 4) is 0 Å². The smallest absolute Gasteiger partial charge is 0.201 e. The van der Waals surface area contributed by atoms with Crippen molar-refractivity contribution in [3.63, 3.8) is 0 Å². The van der Waals surface area contributed by atoms with Gasteiger partial charge in [-0.15, -0.1) is 0 Å². The molecule has 0 fully saturated rings. The summed E-state index contributed by atoms with van der Waals surface area (Å²) >= 11 is 0. The Bertz CT molecular complexity index is 781. The summed E-state index contributed by atoms with van der Waals surface area (Å²) in [4.78, 5) is 4.14. The third-order valence-electron chi connectivity index (χ3n) is 3.65. The lowest BCUT2D eigenvalue weighted by Crippen LogP contribution is -2.13. The molecule has 5 heteroatoms. The van der Waals surface area contributed by atoms with Gasteiger partial charge in [-0.25, -0.2) is 13.8 Å². The molecule has 0 amide bonds. The number of fused-ring (bicyclic) bond motifs is 1.